The molecule has 3 nitrogen and oxygen atoms in total. The number of nitrogens with one attached hydrogen (secondary N) is 1. The van der Waals surface area contributed by atoms with Crippen molar-refractivity contribution in [2.45, 2.75) is 19.9 Å². The first-order valence-corrected chi connectivity index (χ1v) is 9.65. The normalized spacial score (nSPS) is 16.2. The van der Waals surface area contributed by atoms with Gasteiger partial charge >= 0.3 is 0 Å². The molecular formula is C22H19N3S. The molecule has 0 amide bonds. The summed E-state index contributed by atoms with van der Waals surface area (Å²) in [6, 6.07) is 19.4. The fraction of sp³-hybridized carbons (Fsp3) is 0.136. The summed E-state index contributed by atoms with van der Waals surface area (Å²) in [6.45, 7) is 4.31. The van der Waals surface area contributed by atoms with E-state index in [1.165, 1.54) is 21.6 Å². The van der Waals surface area contributed by atoms with Crippen LogP contribution < -0.4 is 5.32 Å². The summed E-state index contributed by atoms with van der Waals surface area (Å²) < 4.78 is 2.30. The number of benzene rings is 2. The van der Waals surface area contributed by atoms with E-state index in [1.54, 1.807) is 11.3 Å². The standard InChI is InChI=1S/C22H19N3S/c1-14-9-10-16(12-15(14)2)18-13-20(21-8-5-11-26-21)25-19-7-4-3-6-17(19)23-22(25)24-18/h3-13,20H,1-2H3,(H,23,24)/t20-/m0/s1. The summed E-state index contributed by atoms with van der Waals surface area (Å²) in [5, 5.41) is 5.70. The smallest absolute Gasteiger partial charge is 0.209 e. The predicted molar refractivity (Wildman–Crippen MR) is 110 cm³/mol. The third-order valence-electron chi connectivity index (χ3n) is 5.10. The highest BCUT2D eigenvalue weighted by atomic mass is 32.1. The van der Waals surface area contributed by atoms with E-state index in [-0.39, 0.29) is 6.04 Å². The molecule has 4 aromatic rings. The molecule has 0 saturated carbocycles. The van der Waals surface area contributed by atoms with Crippen LogP contribution in [-0.4, -0.2) is 9.55 Å². The van der Waals surface area contributed by atoms with E-state index in [9.17, 15) is 0 Å². The topological polar surface area (TPSA) is 29.9 Å². The van der Waals surface area contributed by atoms with Gasteiger partial charge in [0.15, 0.2) is 0 Å². The van der Waals surface area contributed by atoms with Gasteiger partial charge in [0.25, 0.3) is 0 Å². The number of imidazole rings is 1. The number of aryl methyl sites for hydroxylation is 2. The maximum Gasteiger partial charge on any atom is 0.209 e. The molecule has 0 aliphatic carbocycles. The van der Waals surface area contributed by atoms with Gasteiger partial charge in [-0.3, -0.25) is 4.57 Å². The van der Waals surface area contributed by atoms with Gasteiger partial charge in [-0.2, -0.15) is 0 Å². The molecule has 26 heavy (non-hydrogen) atoms. The van der Waals surface area contributed by atoms with E-state index < -0.39 is 0 Å². The van der Waals surface area contributed by atoms with E-state index in [1.807, 2.05) is 6.07 Å². The van der Waals surface area contributed by atoms with E-state index in [2.05, 4.69) is 83.7 Å². The number of hydrogen-bond acceptors (Lipinski definition) is 3. The number of hydrogen-bond donors (Lipinski definition) is 1. The summed E-state index contributed by atoms with van der Waals surface area (Å²) in [5.74, 6) is 0.903. The Labute approximate surface area is 156 Å². The van der Waals surface area contributed by atoms with Gasteiger partial charge in [-0.05, 0) is 66.3 Å². The lowest BCUT2D eigenvalue weighted by Crippen LogP contribution is -2.18. The van der Waals surface area contributed by atoms with Gasteiger partial charge in [0.2, 0.25) is 5.95 Å². The molecule has 1 aliphatic heterocycles. The molecule has 1 N–H and O–H groups in total. The highest BCUT2D eigenvalue weighted by molar-refractivity contribution is 7.10. The van der Waals surface area contributed by atoms with Gasteiger partial charge in [0.1, 0.15) is 0 Å². The minimum Gasteiger partial charge on any atom is -0.325 e. The highest BCUT2D eigenvalue weighted by Gasteiger charge is 2.25. The zero-order valence-corrected chi connectivity index (χ0v) is 15.5. The lowest BCUT2D eigenvalue weighted by Gasteiger charge is -2.26. The zero-order chi connectivity index (χ0) is 17.7. The molecule has 0 bridgehead atoms. The third kappa shape index (κ3) is 2.37. The first kappa shape index (κ1) is 15.4. The van der Waals surface area contributed by atoms with Crippen molar-refractivity contribution in [2.75, 3.05) is 5.32 Å². The van der Waals surface area contributed by atoms with Gasteiger partial charge < -0.3 is 5.32 Å². The number of rotatable bonds is 2. The minimum atomic E-state index is 0.148. The van der Waals surface area contributed by atoms with Gasteiger partial charge in [-0.25, -0.2) is 4.98 Å². The van der Waals surface area contributed by atoms with E-state index >= 15 is 0 Å². The molecule has 0 spiro atoms. The number of nitrogens with zero attached hydrogens (tertiary/aromatic N) is 2. The molecule has 0 unspecified atom stereocenters. The van der Waals surface area contributed by atoms with Gasteiger partial charge in [-0.1, -0.05) is 30.3 Å². The monoisotopic (exact) mass is 357 g/mol. The molecular weight excluding hydrogens is 338 g/mol. The summed E-state index contributed by atoms with van der Waals surface area (Å²) in [4.78, 5) is 6.16. The van der Waals surface area contributed by atoms with Crippen molar-refractivity contribution in [3.63, 3.8) is 0 Å². The van der Waals surface area contributed by atoms with Crippen LogP contribution in [0.2, 0.25) is 0 Å². The molecule has 0 fully saturated rings. The average molecular weight is 357 g/mol. The number of anilines is 1. The molecule has 0 saturated heterocycles. The fourth-order valence-electron chi connectivity index (χ4n) is 3.56. The Morgan fingerprint density at radius 2 is 1.88 bits per heavy atom. The van der Waals surface area contributed by atoms with Crippen LogP contribution in [0, 0.1) is 13.8 Å². The SMILES string of the molecule is Cc1ccc(C2=C[C@@H](c3cccs3)n3c(nc4ccccc43)N2)cc1C. The largest absolute Gasteiger partial charge is 0.325 e. The van der Waals surface area contributed by atoms with Crippen LogP contribution in [0.5, 0.6) is 0 Å². The van der Waals surface area contributed by atoms with Crippen molar-refractivity contribution in [1.29, 1.82) is 0 Å². The number of allylic oxidation sites excluding steroid dienone is 1. The van der Waals surface area contributed by atoms with Crippen LogP contribution in [0.3, 0.4) is 0 Å². The predicted octanol–water partition coefficient (Wildman–Crippen LogP) is 5.77. The van der Waals surface area contributed by atoms with Gasteiger partial charge in [0, 0.05) is 10.6 Å². The lowest BCUT2D eigenvalue weighted by molar-refractivity contribution is 0.733. The summed E-state index contributed by atoms with van der Waals surface area (Å²) in [7, 11) is 0. The molecule has 0 radical (unpaired) electrons. The number of para-hydroxylation sites is 2. The summed E-state index contributed by atoms with van der Waals surface area (Å²) in [6.07, 6.45) is 2.32. The van der Waals surface area contributed by atoms with Crippen LogP contribution in [0.4, 0.5) is 5.95 Å². The van der Waals surface area contributed by atoms with Crippen LogP contribution in [0.15, 0.2) is 66.1 Å². The molecule has 4 heteroatoms. The quantitative estimate of drug-likeness (QED) is 0.493. The molecule has 128 valence electrons. The third-order valence-corrected chi connectivity index (χ3v) is 6.04. The maximum atomic E-state index is 4.84. The first-order valence-electron chi connectivity index (χ1n) is 8.77. The molecule has 5 rings (SSSR count). The van der Waals surface area contributed by atoms with Crippen LogP contribution >= 0.6 is 11.3 Å². The minimum absolute atomic E-state index is 0.148. The summed E-state index contributed by atoms with van der Waals surface area (Å²) >= 11 is 1.79. The molecule has 2 aromatic heterocycles. The van der Waals surface area contributed by atoms with Crippen molar-refractivity contribution in [2.24, 2.45) is 0 Å². The second-order valence-electron chi connectivity index (χ2n) is 6.76. The Bertz CT molecular complexity index is 1140. The van der Waals surface area contributed by atoms with E-state index in [0.29, 0.717) is 0 Å². The highest BCUT2D eigenvalue weighted by Crippen LogP contribution is 2.38. The van der Waals surface area contributed by atoms with Crippen molar-refractivity contribution < 1.29 is 0 Å². The zero-order valence-electron chi connectivity index (χ0n) is 14.7. The maximum absolute atomic E-state index is 4.84. The number of thiophene rings is 1. The first-order chi connectivity index (χ1) is 12.7. The van der Waals surface area contributed by atoms with Crippen molar-refractivity contribution in [3.05, 3.63) is 87.6 Å². The van der Waals surface area contributed by atoms with Crippen molar-refractivity contribution in [1.82, 2.24) is 9.55 Å². The second-order valence-corrected chi connectivity index (χ2v) is 7.74. The molecule has 3 heterocycles. The molecule has 2 aromatic carbocycles. The van der Waals surface area contributed by atoms with Crippen LogP contribution in [0.25, 0.3) is 16.7 Å². The van der Waals surface area contributed by atoms with Crippen molar-refractivity contribution >= 4 is 34.0 Å². The molecule has 1 aliphatic rings. The second kappa shape index (κ2) is 5.85. The average Bonchev–Trinajstić information content (AvgIpc) is 3.30. The molecule has 1 atom stereocenters. The Hall–Kier alpha value is -2.85. The Morgan fingerprint density at radius 1 is 1.00 bits per heavy atom. The van der Waals surface area contributed by atoms with Gasteiger partial charge in [0.05, 0.1) is 17.1 Å². The number of aromatic nitrogens is 2. The van der Waals surface area contributed by atoms with Crippen LogP contribution in [-0.2, 0) is 0 Å². The van der Waals surface area contributed by atoms with Crippen molar-refractivity contribution in [3.8, 4) is 0 Å². The lowest BCUT2D eigenvalue weighted by atomic mass is 10.0. The van der Waals surface area contributed by atoms with E-state index in [0.717, 1.165) is 22.7 Å². The number of fused-ring (bicyclic) bond motifs is 3. The fourth-order valence-corrected chi connectivity index (χ4v) is 4.34. The summed E-state index contributed by atoms with van der Waals surface area (Å²) in [5.41, 5.74) is 7.11. The van der Waals surface area contributed by atoms with E-state index in [4.69, 9.17) is 4.98 Å². The van der Waals surface area contributed by atoms with Crippen LogP contribution in [0.1, 0.15) is 27.6 Å². The Morgan fingerprint density at radius 3 is 2.69 bits per heavy atom. The Kier molecular flexibility index (Phi) is 3.47. The van der Waals surface area contributed by atoms with Gasteiger partial charge in [-0.15, -0.1) is 11.3 Å². The Balaban J connectivity index is 1.71.